The fourth-order valence-corrected chi connectivity index (χ4v) is 4.36. The lowest BCUT2D eigenvalue weighted by Gasteiger charge is -2.31. The Morgan fingerprint density at radius 3 is 2.95 bits per heavy atom. The molecule has 0 aromatic heterocycles. The lowest BCUT2D eigenvalue weighted by atomic mass is 9.93. The van der Waals surface area contributed by atoms with Crippen molar-refractivity contribution >= 4 is 10.0 Å². The molecule has 1 N–H and O–H groups in total. The van der Waals surface area contributed by atoms with Crippen LogP contribution in [0, 0.1) is 11.7 Å². The number of rotatable bonds is 5. The first-order valence-corrected chi connectivity index (χ1v) is 8.38. The van der Waals surface area contributed by atoms with E-state index in [0.29, 0.717) is 32.6 Å². The third-order valence-electron chi connectivity index (χ3n) is 3.54. The van der Waals surface area contributed by atoms with Crippen LogP contribution in [0.5, 0.6) is 0 Å². The standard InChI is InChI=1S/C14H20FNO3S/c1-2-16-20(17,18)14-6-7-19-10-12(14)8-11-4-3-5-13(15)9-11/h3-5,9,12,14,16H,2,6-8,10H2,1H3/t12-,14+/m0/s1. The van der Waals surface area contributed by atoms with E-state index in [-0.39, 0.29) is 11.7 Å². The molecule has 0 unspecified atom stereocenters. The Hall–Kier alpha value is -0.980. The first-order valence-electron chi connectivity index (χ1n) is 6.83. The highest BCUT2D eigenvalue weighted by atomic mass is 32.2. The largest absolute Gasteiger partial charge is 0.381 e. The van der Waals surface area contributed by atoms with Gasteiger partial charge >= 0.3 is 0 Å². The maximum Gasteiger partial charge on any atom is 0.214 e. The van der Waals surface area contributed by atoms with Gasteiger partial charge in [0.2, 0.25) is 10.0 Å². The zero-order chi connectivity index (χ0) is 14.6. The number of sulfonamides is 1. The van der Waals surface area contributed by atoms with Gasteiger partial charge in [-0.15, -0.1) is 0 Å². The van der Waals surface area contributed by atoms with E-state index >= 15 is 0 Å². The summed E-state index contributed by atoms with van der Waals surface area (Å²) in [6, 6.07) is 6.29. The first-order chi connectivity index (χ1) is 9.53. The van der Waals surface area contributed by atoms with Crippen LogP contribution >= 0.6 is 0 Å². The van der Waals surface area contributed by atoms with Crippen LogP contribution < -0.4 is 4.72 Å². The zero-order valence-corrected chi connectivity index (χ0v) is 12.3. The Kier molecular flexibility index (Phi) is 5.12. The van der Waals surface area contributed by atoms with Crippen molar-refractivity contribution < 1.29 is 17.5 Å². The molecule has 20 heavy (non-hydrogen) atoms. The maximum absolute atomic E-state index is 13.2. The number of hydrogen-bond acceptors (Lipinski definition) is 3. The molecule has 1 aromatic rings. The van der Waals surface area contributed by atoms with Gasteiger partial charge in [-0.1, -0.05) is 19.1 Å². The van der Waals surface area contributed by atoms with E-state index < -0.39 is 15.3 Å². The third kappa shape index (κ3) is 3.77. The van der Waals surface area contributed by atoms with E-state index in [1.54, 1.807) is 13.0 Å². The summed E-state index contributed by atoms with van der Waals surface area (Å²) in [6.07, 6.45) is 0.988. The molecule has 6 heteroatoms. The van der Waals surface area contributed by atoms with Gasteiger partial charge in [-0.05, 0) is 30.5 Å². The van der Waals surface area contributed by atoms with Crippen LogP contribution in [0.3, 0.4) is 0 Å². The van der Waals surface area contributed by atoms with E-state index in [1.807, 2.05) is 6.07 Å². The quantitative estimate of drug-likeness (QED) is 0.901. The molecule has 0 radical (unpaired) electrons. The van der Waals surface area contributed by atoms with Crippen molar-refractivity contribution in [2.24, 2.45) is 5.92 Å². The fourth-order valence-electron chi connectivity index (χ4n) is 2.65. The number of nitrogens with one attached hydrogen (secondary N) is 1. The molecule has 1 aliphatic rings. The normalized spacial score (nSPS) is 23.7. The van der Waals surface area contributed by atoms with Crippen LogP contribution in [0.15, 0.2) is 24.3 Å². The molecule has 112 valence electrons. The van der Waals surface area contributed by atoms with Crippen LogP contribution in [-0.2, 0) is 21.2 Å². The average Bonchev–Trinajstić information content (AvgIpc) is 2.39. The summed E-state index contributed by atoms with van der Waals surface area (Å²) < 4.78 is 45.6. The van der Waals surface area contributed by atoms with Gasteiger partial charge in [0.25, 0.3) is 0 Å². The molecule has 1 aliphatic heterocycles. The second-order valence-corrected chi connectivity index (χ2v) is 7.02. The third-order valence-corrected chi connectivity index (χ3v) is 5.64. The Morgan fingerprint density at radius 2 is 2.25 bits per heavy atom. The lowest BCUT2D eigenvalue weighted by Crippen LogP contribution is -2.44. The molecule has 1 saturated heterocycles. The SMILES string of the molecule is CCNS(=O)(=O)[C@@H]1CCOC[C@@H]1Cc1cccc(F)c1. The van der Waals surface area contributed by atoms with Gasteiger partial charge in [-0.25, -0.2) is 17.5 Å². The molecule has 1 heterocycles. The summed E-state index contributed by atoms with van der Waals surface area (Å²) in [7, 11) is -3.34. The summed E-state index contributed by atoms with van der Waals surface area (Å²) in [5.41, 5.74) is 0.803. The smallest absolute Gasteiger partial charge is 0.214 e. The molecule has 0 bridgehead atoms. The monoisotopic (exact) mass is 301 g/mol. The van der Waals surface area contributed by atoms with Crippen LogP contribution in [0.25, 0.3) is 0 Å². The minimum Gasteiger partial charge on any atom is -0.381 e. The highest BCUT2D eigenvalue weighted by Crippen LogP contribution is 2.25. The Morgan fingerprint density at radius 1 is 1.45 bits per heavy atom. The maximum atomic E-state index is 13.2. The molecule has 0 amide bonds. The Bertz CT molecular complexity index is 547. The average molecular weight is 301 g/mol. The predicted octanol–water partition coefficient (Wildman–Crippen LogP) is 1.71. The summed E-state index contributed by atoms with van der Waals surface area (Å²) >= 11 is 0. The summed E-state index contributed by atoms with van der Waals surface area (Å²) in [6.45, 7) is 2.99. The minimum absolute atomic E-state index is 0.144. The number of halogens is 1. The summed E-state index contributed by atoms with van der Waals surface area (Å²) in [4.78, 5) is 0. The van der Waals surface area contributed by atoms with E-state index in [4.69, 9.17) is 4.74 Å². The van der Waals surface area contributed by atoms with Crippen LogP contribution in [0.2, 0.25) is 0 Å². The molecule has 0 aliphatic carbocycles. The first kappa shape index (κ1) is 15.4. The summed E-state index contributed by atoms with van der Waals surface area (Å²) in [5.74, 6) is -0.445. The van der Waals surface area contributed by atoms with Gasteiger partial charge in [-0.3, -0.25) is 0 Å². The van der Waals surface area contributed by atoms with Gasteiger partial charge in [0.05, 0.1) is 11.9 Å². The number of hydrogen-bond donors (Lipinski definition) is 1. The highest BCUT2D eigenvalue weighted by molar-refractivity contribution is 7.90. The van der Waals surface area contributed by atoms with Gasteiger partial charge in [0.1, 0.15) is 5.82 Å². The van der Waals surface area contributed by atoms with Gasteiger partial charge in [0, 0.05) is 19.1 Å². The highest BCUT2D eigenvalue weighted by Gasteiger charge is 2.35. The van der Waals surface area contributed by atoms with Crippen molar-refractivity contribution in [3.8, 4) is 0 Å². The zero-order valence-electron chi connectivity index (χ0n) is 11.5. The van der Waals surface area contributed by atoms with E-state index in [2.05, 4.69) is 4.72 Å². The fraction of sp³-hybridized carbons (Fsp3) is 0.571. The van der Waals surface area contributed by atoms with Crippen molar-refractivity contribution in [3.05, 3.63) is 35.6 Å². The second kappa shape index (κ2) is 6.65. The summed E-state index contributed by atoms with van der Waals surface area (Å²) in [5, 5.41) is -0.473. The van der Waals surface area contributed by atoms with Crippen LogP contribution in [0.1, 0.15) is 18.9 Å². The predicted molar refractivity (Wildman–Crippen MR) is 75.4 cm³/mol. The molecule has 2 atom stereocenters. The van der Waals surface area contributed by atoms with Gasteiger partial charge in [-0.2, -0.15) is 0 Å². The van der Waals surface area contributed by atoms with Crippen molar-refractivity contribution in [2.45, 2.75) is 25.0 Å². The molecular weight excluding hydrogens is 281 g/mol. The van der Waals surface area contributed by atoms with Crippen molar-refractivity contribution in [1.29, 1.82) is 0 Å². The van der Waals surface area contributed by atoms with Crippen molar-refractivity contribution in [2.75, 3.05) is 19.8 Å². The Labute approximate surface area is 119 Å². The molecule has 1 fully saturated rings. The van der Waals surface area contributed by atoms with E-state index in [1.165, 1.54) is 12.1 Å². The number of ether oxygens (including phenoxy) is 1. The van der Waals surface area contributed by atoms with Crippen molar-refractivity contribution in [3.63, 3.8) is 0 Å². The van der Waals surface area contributed by atoms with E-state index in [9.17, 15) is 12.8 Å². The molecule has 0 saturated carbocycles. The van der Waals surface area contributed by atoms with E-state index in [0.717, 1.165) is 5.56 Å². The molecular formula is C14H20FNO3S. The minimum atomic E-state index is -3.34. The van der Waals surface area contributed by atoms with Crippen molar-refractivity contribution in [1.82, 2.24) is 4.72 Å². The lowest BCUT2D eigenvalue weighted by molar-refractivity contribution is 0.0570. The van der Waals surface area contributed by atoms with Crippen LogP contribution in [-0.4, -0.2) is 33.4 Å². The van der Waals surface area contributed by atoms with Crippen LogP contribution in [0.4, 0.5) is 4.39 Å². The Balaban J connectivity index is 2.15. The second-order valence-electron chi connectivity index (χ2n) is 5.04. The number of benzene rings is 1. The molecule has 4 nitrogen and oxygen atoms in total. The van der Waals surface area contributed by atoms with Gasteiger partial charge in [0.15, 0.2) is 0 Å². The topological polar surface area (TPSA) is 55.4 Å². The molecule has 2 rings (SSSR count). The molecule has 1 aromatic carbocycles. The molecule has 0 spiro atoms. The van der Waals surface area contributed by atoms with Gasteiger partial charge < -0.3 is 4.74 Å².